The van der Waals surface area contributed by atoms with Gasteiger partial charge < -0.3 is 14.5 Å². The molecule has 2 aliphatic rings. The first-order valence-electron chi connectivity index (χ1n) is 13.3. The number of piperazine rings is 1. The minimum Gasteiger partial charge on any atom is -0.466 e. The number of rotatable bonds is 4. The monoisotopic (exact) mass is 524 g/mol. The molecule has 5 rings (SSSR count). The van der Waals surface area contributed by atoms with Crippen molar-refractivity contribution in [3.05, 3.63) is 108 Å². The molecule has 2 atom stereocenters. The van der Waals surface area contributed by atoms with Gasteiger partial charge in [-0.1, -0.05) is 78.9 Å². The molecule has 2 amide bonds. The summed E-state index contributed by atoms with van der Waals surface area (Å²) in [5.41, 5.74) is 2.51. The van der Waals surface area contributed by atoms with Gasteiger partial charge in [-0.2, -0.15) is 0 Å². The lowest BCUT2D eigenvalue weighted by molar-refractivity contribution is -0.146. The van der Waals surface area contributed by atoms with Gasteiger partial charge in [-0.05, 0) is 43.0 Å². The first kappa shape index (κ1) is 29.2. The Balaban J connectivity index is 0.000000457. The van der Waals surface area contributed by atoms with Gasteiger partial charge in [0, 0.05) is 31.7 Å². The Bertz CT molecular complexity index is 1190. The van der Waals surface area contributed by atoms with Gasteiger partial charge in [0.15, 0.2) is 0 Å². The second-order valence-corrected chi connectivity index (χ2v) is 9.20. The largest absolute Gasteiger partial charge is 0.466 e. The van der Waals surface area contributed by atoms with E-state index in [1.807, 2.05) is 101 Å². The fourth-order valence-electron chi connectivity index (χ4n) is 5.03. The molecule has 39 heavy (non-hydrogen) atoms. The van der Waals surface area contributed by atoms with E-state index in [2.05, 4.69) is 12.8 Å². The van der Waals surface area contributed by atoms with Gasteiger partial charge in [-0.25, -0.2) is 0 Å². The Morgan fingerprint density at radius 2 is 1.13 bits per heavy atom. The van der Waals surface area contributed by atoms with Crippen LogP contribution in [0, 0.1) is 12.8 Å². The number of hydrogen-bond donors (Lipinski definition) is 0. The first-order valence-corrected chi connectivity index (χ1v) is 13.3. The summed E-state index contributed by atoms with van der Waals surface area (Å²) >= 11 is 0. The van der Waals surface area contributed by atoms with Crippen LogP contribution >= 0.6 is 0 Å². The number of carbonyl (C=O) groups excluding carboxylic acids is 3. The summed E-state index contributed by atoms with van der Waals surface area (Å²) in [5.74, 6) is -0.678. The highest BCUT2D eigenvalue weighted by atomic mass is 16.5. The number of benzene rings is 3. The average Bonchev–Trinajstić information content (AvgIpc) is 3.02. The van der Waals surface area contributed by atoms with Crippen LogP contribution in [-0.4, -0.2) is 60.4 Å². The maximum absolute atomic E-state index is 13.4. The van der Waals surface area contributed by atoms with Crippen LogP contribution in [0.25, 0.3) is 0 Å². The van der Waals surface area contributed by atoms with Crippen molar-refractivity contribution in [1.29, 1.82) is 0 Å². The van der Waals surface area contributed by atoms with Gasteiger partial charge >= 0.3 is 5.97 Å². The third kappa shape index (κ3) is 7.58. The summed E-state index contributed by atoms with van der Waals surface area (Å²) in [5, 5.41) is 0. The number of carbonyl (C=O) groups is 3. The van der Waals surface area contributed by atoms with Crippen LogP contribution in [0.15, 0.2) is 91.0 Å². The summed E-state index contributed by atoms with van der Waals surface area (Å²) in [6, 6.07) is 29.0. The number of esters is 1. The minimum absolute atomic E-state index is 0.00740. The zero-order valence-corrected chi connectivity index (χ0v) is 22.4. The zero-order valence-electron chi connectivity index (χ0n) is 22.4. The van der Waals surface area contributed by atoms with Gasteiger partial charge in [0.25, 0.3) is 5.91 Å². The molecule has 0 unspecified atom stereocenters. The molecule has 202 valence electrons. The fourth-order valence-corrected chi connectivity index (χ4v) is 5.03. The van der Waals surface area contributed by atoms with Crippen LogP contribution in [0.2, 0.25) is 0 Å². The molecule has 1 aliphatic heterocycles. The van der Waals surface area contributed by atoms with E-state index >= 15 is 0 Å². The summed E-state index contributed by atoms with van der Waals surface area (Å²) in [7, 11) is 0. The minimum atomic E-state index is -0.305. The predicted molar refractivity (Wildman–Crippen MR) is 153 cm³/mol. The summed E-state index contributed by atoms with van der Waals surface area (Å²) < 4.78 is 5.25. The van der Waals surface area contributed by atoms with E-state index in [4.69, 9.17) is 4.74 Å². The van der Waals surface area contributed by atoms with E-state index in [-0.39, 0.29) is 29.6 Å². The molecule has 3 aromatic carbocycles. The van der Waals surface area contributed by atoms with Gasteiger partial charge in [-0.15, -0.1) is 12.8 Å². The topological polar surface area (TPSA) is 66.9 Å². The molecule has 6 heteroatoms. The van der Waals surface area contributed by atoms with E-state index < -0.39 is 0 Å². The van der Waals surface area contributed by atoms with Crippen molar-refractivity contribution in [3.63, 3.8) is 0 Å². The van der Waals surface area contributed by atoms with Crippen molar-refractivity contribution in [2.75, 3.05) is 32.8 Å². The molecule has 1 saturated heterocycles. The molecule has 3 aromatic rings. The molecule has 1 heterocycles. The first-order chi connectivity index (χ1) is 19.1. The quantitative estimate of drug-likeness (QED) is 0.351. The number of fused-ring (bicyclic) bond motifs is 1. The second kappa shape index (κ2) is 15.1. The number of terminal acetylenes is 1. The van der Waals surface area contributed by atoms with Crippen LogP contribution in [0.1, 0.15) is 53.1 Å². The Kier molecular flexibility index (Phi) is 11.3. The summed E-state index contributed by atoms with van der Waals surface area (Å²) in [4.78, 5) is 42.1. The highest BCUT2D eigenvalue weighted by molar-refractivity contribution is 5.94. The van der Waals surface area contributed by atoms with Crippen LogP contribution in [-0.2, 0) is 14.3 Å². The lowest BCUT2D eigenvalue weighted by Gasteiger charge is -2.38. The van der Waals surface area contributed by atoms with Gasteiger partial charge in [0.05, 0.1) is 18.4 Å². The predicted octanol–water partition coefficient (Wildman–Crippen LogP) is 5.13. The van der Waals surface area contributed by atoms with E-state index in [1.165, 1.54) is 0 Å². The Labute approximate surface area is 231 Å². The van der Waals surface area contributed by atoms with Crippen molar-refractivity contribution in [2.24, 2.45) is 0 Å². The lowest BCUT2D eigenvalue weighted by Crippen LogP contribution is -2.52. The van der Waals surface area contributed by atoms with Gasteiger partial charge in [0.1, 0.15) is 0 Å². The maximum atomic E-state index is 13.4. The molecule has 0 radical (unpaired) electrons. The number of hydrogen-bond acceptors (Lipinski definition) is 4. The van der Waals surface area contributed by atoms with Gasteiger partial charge in [0.2, 0.25) is 5.91 Å². The summed E-state index contributed by atoms with van der Waals surface area (Å²) in [6.07, 6.45) is 9.24. The van der Waals surface area contributed by atoms with Crippen molar-refractivity contribution >= 4 is 17.8 Å². The SMILES string of the molecule is C#C.CCOC(=O)[C@@H]1CC[C@H](C(=O)N2CCN(C(=O)c3ccccc3)CC2)c2ccccc21.c1ccccc1. The van der Waals surface area contributed by atoms with Crippen molar-refractivity contribution in [1.82, 2.24) is 9.80 Å². The second-order valence-electron chi connectivity index (χ2n) is 9.20. The normalized spacial score (nSPS) is 17.7. The molecular weight excluding hydrogens is 488 g/mol. The van der Waals surface area contributed by atoms with E-state index in [1.54, 1.807) is 6.92 Å². The van der Waals surface area contributed by atoms with Crippen LogP contribution in [0.3, 0.4) is 0 Å². The molecule has 0 spiro atoms. The number of amides is 2. The molecular formula is C33H36N2O4. The maximum Gasteiger partial charge on any atom is 0.313 e. The third-order valence-corrected chi connectivity index (χ3v) is 6.93. The molecule has 0 bridgehead atoms. The Hall–Kier alpha value is -4.37. The Morgan fingerprint density at radius 3 is 1.67 bits per heavy atom. The fraction of sp³-hybridized carbons (Fsp3) is 0.303. The van der Waals surface area contributed by atoms with Crippen LogP contribution in [0.5, 0.6) is 0 Å². The highest BCUT2D eigenvalue weighted by Crippen LogP contribution is 2.40. The molecule has 0 aromatic heterocycles. The molecule has 6 nitrogen and oxygen atoms in total. The lowest BCUT2D eigenvalue weighted by atomic mass is 9.76. The summed E-state index contributed by atoms with van der Waals surface area (Å²) in [6.45, 7) is 4.26. The average molecular weight is 525 g/mol. The molecule has 0 N–H and O–H groups in total. The third-order valence-electron chi connectivity index (χ3n) is 6.93. The van der Waals surface area contributed by atoms with Crippen LogP contribution < -0.4 is 0 Å². The van der Waals surface area contributed by atoms with E-state index in [9.17, 15) is 14.4 Å². The number of nitrogens with zero attached hydrogens (tertiary/aromatic N) is 2. The highest BCUT2D eigenvalue weighted by Gasteiger charge is 2.37. The van der Waals surface area contributed by atoms with Crippen molar-refractivity contribution in [3.8, 4) is 12.8 Å². The van der Waals surface area contributed by atoms with E-state index in [0.29, 0.717) is 51.2 Å². The van der Waals surface area contributed by atoms with Crippen molar-refractivity contribution < 1.29 is 19.1 Å². The standard InChI is InChI=1S/C25H28N2O4.C6H6.C2H2/c1-2-31-25(30)22-13-12-21(19-10-6-7-11-20(19)22)24(29)27-16-14-26(15-17-27)23(28)18-8-4-3-5-9-18;1-2-4-6-5-3-1;1-2/h3-11,21-22H,2,12-17H2,1H3;1-6H;1-2H/t21-,22+;;/m0../s1. The smallest absolute Gasteiger partial charge is 0.313 e. The molecule has 0 saturated carbocycles. The van der Waals surface area contributed by atoms with Crippen LogP contribution in [0.4, 0.5) is 0 Å². The van der Waals surface area contributed by atoms with Crippen molar-refractivity contribution in [2.45, 2.75) is 31.6 Å². The Morgan fingerprint density at radius 1 is 0.692 bits per heavy atom. The number of ether oxygens (including phenoxy) is 1. The van der Waals surface area contributed by atoms with Gasteiger partial charge in [-0.3, -0.25) is 14.4 Å². The molecule has 1 aliphatic carbocycles. The zero-order chi connectivity index (χ0) is 28.0. The van der Waals surface area contributed by atoms with E-state index in [0.717, 1.165) is 11.1 Å². The molecule has 1 fully saturated rings.